The number of hydrogen-bond donors (Lipinski definition) is 0. The smallest absolute Gasteiger partial charge is 0.291 e. The van der Waals surface area contributed by atoms with Gasteiger partial charge in [0.15, 0.2) is 17.0 Å². The zero-order valence-electron chi connectivity index (χ0n) is 31.7. The summed E-state index contributed by atoms with van der Waals surface area (Å²) in [6.45, 7) is 1.70. The second kappa shape index (κ2) is 18.2. The van der Waals surface area contributed by atoms with E-state index < -0.39 is 11.8 Å². The van der Waals surface area contributed by atoms with Crippen molar-refractivity contribution in [2.75, 3.05) is 13.2 Å². The molecule has 4 aromatic carbocycles. The molecular weight excluding hydrogens is 741 g/mol. The minimum atomic E-state index is -0.436. The summed E-state index contributed by atoms with van der Waals surface area (Å²) >= 11 is 6.36. The molecule has 0 radical (unpaired) electrons. The lowest BCUT2D eigenvalue weighted by molar-refractivity contribution is -0.0425. The summed E-state index contributed by atoms with van der Waals surface area (Å²) in [6.07, 6.45) is 9.76. The minimum Gasteiger partial charge on any atom is -0.494 e. The monoisotopic (exact) mass is 785 g/mol. The molecule has 0 saturated carbocycles. The molecule has 2 aliphatic rings. The summed E-state index contributed by atoms with van der Waals surface area (Å²) in [5.74, 6) is 2.44. The maximum atomic E-state index is 13.9. The van der Waals surface area contributed by atoms with Crippen molar-refractivity contribution in [3.8, 4) is 23.0 Å². The molecule has 2 aromatic heterocycles. The van der Waals surface area contributed by atoms with Crippen molar-refractivity contribution < 1.29 is 23.3 Å². The van der Waals surface area contributed by atoms with E-state index >= 15 is 0 Å². The third-order valence-corrected chi connectivity index (χ3v) is 11.2. The lowest BCUT2D eigenvalue weighted by Gasteiger charge is -2.35. The largest absolute Gasteiger partial charge is 0.494 e. The van der Waals surface area contributed by atoms with E-state index in [1.807, 2.05) is 42.5 Å². The van der Waals surface area contributed by atoms with Gasteiger partial charge in [-0.25, -0.2) is 4.39 Å². The molecule has 1 saturated heterocycles. The number of pyridine rings is 1. The van der Waals surface area contributed by atoms with Crippen molar-refractivity contribution in [3.63, 3.8) is 0 Å². The molecular formula is C47H45ClFN3O5. The van der Waals surface area contributed by atoms with Crippen molar-refractivity contribution in [2.45, 2.75) is 76.0 Å². The summed E-state index contributed by atoms with van der Waals surface area (Å²) in [6, 6.07) is 35.8. The molecule has 57 heavy (non-hydrogen) atoms. The number of aromatic nitrogens is 3. The van der Waals surface area contributed by atoms with Crippen LogP contribution in [0.5, 0.6) is 23.0 Å². The first-order chi connectivity index (χ1) is 28.0. The number of ether oxygens (including phenoxy) is 4. The fourth-order valence-electron chi connectivity index (χ4n) is 7.85. The highest BCUT2D eigenvalue weighted by Gasteiger charge is 2.32. The van der Waals surface area contributed by atoms with Gasteiger partial charge in [0.1, 0.15) is 29.7 Å². The summed E-state index contributed by atoms with van der Waals surface area (Å²) in [4.78, 5) is 17.4. The molecule has 2 unspecified atom stereocenters. The first kappa shape index (κ1) is 38.4. The number of unbranched alkanes of at least 4 members (excludes halogenated alkanes) is 1. The number of nitrogens with zero attached hydrogens (tertiary/aromatic N) is 3. The number of rotatable bonds is 14. The Morgan fingerprint density at radius 3 is 2.37 bits per heavy atom. The third kappa shape index (κ3) is 9.38. The summed E-state index contributed by atoms with van der Waals surface area (Å²) in [5, 5.41) is 4.21. The van der Waals surface area contributed by atoms with Crippen LogP contribution in [-0.4, -0.2) is 28.0 Å². The topological polar surface area (TPSA) is 84.7 Å². The van der Waals surface area contributed by atoms with Gasteiger partial charge in [-0.15, -0.1) is 0 Å². The Labute approximate surface area is 337 Å². The van der Waals surface area contributed by atoms with Crippen LogP contribution in [0.1, 0.15) is 90.1 Å². The molecule has 3 heterocycles. The van der Waals surface area contributed by atoms with Crippen LogP contribution in [0.3, 0.4) is 0 Å². The van der Waals surface area contributed by atoms with Crippen molar-refractivity contribution >= 4 is 11.6 Å². The Kier molecular flexibility index (Phi) is 12.2. The molecule has 3 atom stereocenters. The Balaban J connectivity index is 0.853. The van der Waals surface area contributed by atoms with Crippen molar-refractivity contribution in [2.24, 2.45) is 0 Å². The molecule has 1 aliphatic heterocycles. The number of halogens is 2. The molecule has 8 nitrogen and oxygen atoms in total. The highest BCUT2D eigenvalue weighted by atomic mass is 35.5. The van der Waals surface area contributed by atoms with E-state index in [9.17, 15) is 9.18 Å². The van der Waals surface area contributed by atoms with E-state index in [-0.39, 0.29) is 28.4 Å². The van der Waals surface area contributed by atoms with Gasteiger partial charge < -0.3 is 18.9 Å². The molecule has 0 N–H and O–H groups in total. The first-order valence-corrected chi connectivity index (χ1v) is 20.2. The average molecular weight is 786 g/mol. The van der Waals surface area contributed by atoms with Crippen LogP contribution in [0.4, 0.5) is 4.39 Å². The molecule has 1 fully saturated rings. The lowest BCUT2D eigenvalue weighted by Crippen LogP contribution is -2.31. The van der Waals surface area contributed by atoms with E-state index in [2.05, 4.69) is 64.7 Å². The van der Waals surface area contributed by atoms with Gasteiger partial charge >= 0.3 is 0 Å². The maximum Gasteiger partial charge on any atom is 0.291 e. The normalized spacial score (nSPS) is 17.8. The van der Waals surface area contributed by atoms with Crippen molar-refractivity contribution in [3.05, 3.63) is 176 Å². The van der Waals surface area contributed by atoms with Crippen LogP contribution < -0.4 is 19.8 Å². The average Bonchev–Trinajstić information content (AvgIpc) is 3.26. The van der Waals surface area contributed by atoms with E-state index in [1.54, 1.807) is 18.3 Å². The summed E-state index contributed by atoms with van der Waals surface area (Å²) in [7, 11) is 0. The maximum absolute atomic E-state index is 13.9. The zero-order chi connectivity index (χ0) is 39.0. The third-order valence-electron chi connectivity index (χ3n) is 10.8. The van der Waals surface area contributed by atoms with Crippen LogP contribution >= 0.6 is 11.6 Å². The summed E-state index contributed by atoms with van der Waals surface area (Å²) in [5.41, 5.74) is 6.53. The molecule has 0 bridgehead atoms. The van der Waals surface area contributed by atoms with Crippen LogP contribution in [0.2, 0.25) is 5.02 Å². The number of fused-ring (bicyclic) bond motifs is 1. The summed E-state index contributed by atoms with van der Waals surface area (Å²) < 4.78 is 39.1. The SMILES string of the molecule is O=c1c(Cl)c(Oc2ccc(CCCCOc3ccc(C4c5ccc(OCc6ccccc6)cc5CC[C@@H]4c4ccc(F)cc4)cc3)nc2)cnn1C1CCCCO1. The van der Waals surface area contributed by atoms with E-state index in [0.717, 1.165) is 79.7 Å². The molecule has 10 heteroatoms. The number of aryl methyl sites for hydroxylation is 2. The van der Waals surface area contributed by atoms with Gasteiger partial charge in [0.2, 0.25) is 0 Å². The standard InChI is InChI=1S/C47H45ClFN3O5/c48-46-43(30-51-52(47(46)53)44-11-5-7-27-55-44)57-40-22-19-37(50-29-40)10-4-6-26-54-38-20-14-34(15-21-38)45-41(33-12-17-36(49)18-13-33)24-16-35-28-39(23-25-42(35)45)56-31-32-8-2-1-3-9-32/h1-3,8-9,12-15,17-23,25,28-30,41,44-45H,4-7,10-11,16,24,26-27,31H2/t41-,44?,45?/m1/s1. The molecule has 6 aromatic rings. The van der Waals surface area contributed by atoms with Gasteiger partial charge in [-0.2, -0.15) is 9.78 Å². The number of benzene rings is 4. The second-order valence-electron chi connectivity index (χ2n) is 14.7. The molecule has 0 amide bonds. The van der Waals surface area contributed by atoms with E-state index in [1.165, 1.54) is 27.6 Å². The Morgan fingerprint density at radius 2 is 1.60 bits per heavy atom. The predicted molar refractivity (Wildman–Crippen MR) is 218 cm³/mol. The van der Waals surface area contributed by atoms with Gasteiger partial charge in [0, 0.05) is 18.2 Å². The van der Waals surface area contributed by atoms with Gasteiger partial charge in [-0.3, -0.25) is 9.78 Å². The minimum absolute atomic E-state index is 0.0363. The predicted octanol–water partition coefficient (Wildman–Crippen LogP) is 10.8. The Morgan fingerprint density at radius 1 is 0.807 bits per heavy atom. The van der Waals surface area contributed by atoms with Crippen LogP contribution in [0.25, 0.3) is 0 Å². The molecule has 8 rings (SSSR count). The fraction of sp³-hybridized carbons (Fsp3) is 0.298. The van der Waals surface area contributed by atoms with E-state index in [0.29, 0.717) is 25.6 Å². The molecule has 0 spiro atoms. The van der Waals surface area contributed by atoms with Gasteiger partial charge in [-0.1, -0.05) is 72.3 Å². The second-order valence-corrected chi connectivity index (χ2v) is 15.0. The first-order valence-electron chi connectivity index (χ1n) is 19.8. The number of hydrogen-bond acceptors (Lipinski definition) is 7. The zero-order valence-corrected chi connectivity index (χ0v) is 32.5. The van der Waals surface area contributed by atoms with Crippen LogP contribution in [0, 0.1) is 5.82 Å². The Hall–Kier alpha value is -5.51. The highest BCUT2D eigenvalue weighted by Crippen LogP contribution is 2.47. The molecule has 292 valence electrons. The fourth-order valence-corrected chi connectivity index (χ4v) is 8.02. The van der Waals surface area contributed by atoms with E-state index in [4.69, 9.17) is 30.5 Å². The van der Waals surface area contributed by atoms with Gasteiger partial charge in [-0.05, 0) is 134 Å². The quantitative estimate of drug-likeness (QED) is 0.102. The van der Waals surface area contributed by atoms with Gasteiger partial charge in [0.25, 0.3) is 5.56 Å². The van der Waals surface area contributed by atoms with Crippen molar-refractivity contribution in [1.82, 2.24) is 14.8 Å². The highest BCUT2D eigenvalue weighted by molar-refractivity contribution is 6.31. The van der Waals surface area contributed by atoms with Crippen molar-refractivity contribution in [1.29, 1.82) is 0 Å². The van der Waals surface area contributed by atoms with Crippen LogP contribution in [-0.2, 0) is 24.2 Å². The van der Waals surface area contributed by atoms with Crippen LogP contribution in [0.15, 0.2) is 126 Å². The van der Waals surface area contributed by atoms with Gasteiger partial charge in [0.05, 0.1) is 19.0 Å². The molecule has 1 aliphatic carbocycles. The lowest BCUT2D eigenvalue weighted by atomic mass is 9.69. The Bertz CT molecular complexity index is 2300.